The first-order valence-corrected chi connectivity index (χ1v) is 6.71. The second-order valence-electron chi connectivity index (χ2n) is 4.24. The van der Waals surface area contributed by atoms with Crippen molar-refractivity contribution in [2.45, 2.75) is 39.0 Å². The van der Waals surface area contributed by atoms with E-state index in [9.17, 15) is 10.1 Å². The van der Waals surface area contributed by atoms with E-state index in [1.807, 2.05) is 0 Å². The quantitative estimate of drug-likeness (QED) is 0.426. The van der Waals surface area contributed by atoms with Crippen LogP contribution in [0.15, 0.2) is 18.2 Å². The van der Waals surface area contributed by atoms with Crippen molar-refractivity contribution in [2.75, 3.05) is 11.9 Å². The maximum absolute atomic E-state index is 10.7. The third-order valence-corrected chi connectivity index (χ3v) is 3.17. The molecular weight excluding hydrogens is 252 g/mol. The van der Waals surface area contributed by atoms with Crippen molar-refractivity contribution in [1.29, 1.82) is 0 Å². The van der Waals surface area contributed by atoms with Crippen LogP contribution < -0.4 is 5.32 Å². The van der Waals surface area contributed by atoms with Gasteiger partial charge in [0.15, 0.2) is 0 Å². The van der Waals surface area contributed by atoms with Gasteiger partial charge in [-0.25, -0.2) is 0 Å². The lowest BCUT2D eigenvalue weighted by Gasteiger charge is -2.08. The molecule has 1 aromatic carbocycles. The number of nitro groups is 1. The minimum atomic E-state index is -0.464. The normalized spacial score (nSPS) is 10.3. The summed E-state index contributed by atoms with van der Waals surface area (Å²) in [5, 5.41) is 14.1. The Balaban J connectivity index is 2.43. The summed E-state index contributed by atoms with van der Waals surface area (Å²) in [5.41, 5.74) is 0.592. The molecule has 100 valence electrons. The van der Waals surface area contributed by atoms with Crippen LogP contribution in [-0.2, 0) is 0 Å². The second kappa shape index (κ2) is 7.93. The van der Waals surface area contributed by atoms with Gasteiger partial charge >= 0.3 is 0 Å². The minimum absolute atomic E-state index is 0.0485. The summed E-state index contributed by atoms with van der Waals surface area (Å²) in [5.74, 6) is 0. The Kier molecular flexibility index (Phi) is 6.50. The maximum Gasteiger partial charge on any atom is 0.289 e. The van der Waals surface area contributed by atoms with Crippen LogP contribution in [0.25, 0.3) is 0 Å². The van der Waals surface area contributed by atoms with E-state index in [-0.39, 0.29) is 10.7 Å². The van der Waals surface area contributed by atoms with Crippen molar-refractivity contribution in [3.63, 3.8) is 0 Å². The number of nitro benzene ring substituents is 1. The van der Waals surface area contributed by atoms with E-state index in [1.165, 1.54) is 31.7 Å². The number of unbranched alkanes of at least 4 members (excludes halogenated alkanes) is 4. The number of nitrogens with zero attached hydrogens (tertiary/aromatic N) is 1. The van der Waals surface area contributed by atoms with Gasteiger partial charge in [0.25, 0.3) is 5.69 Å². The highest BCUT2D eigenvalue weighted by Crippen LogP contribution is 2.31. The summed E-state index contributed by atoms with van der Waals surface area (Å²) < 4.78 is 0. The lowest BCUT2D eigenvalue weighted by atomic mass is 10.1. The van der Waals surface area contributed by atoms with Gasteiger partial charge in [-0.15, -0.1) is 0 Å². The van der Waals surface area contributed by atoms with Crippen LogP contribution in [0.1, 0.15) is 39.0 Å². The van der Waals surface area contributed by atoms with Gasteiger partial charge in [0.05, 0.1) is 10.6 Å². The van der Waals surface area contributed by atoms with Gasteiger partial charge in [-0.3, -0.25) is 10.1 Å². The Bertz CT molecular complexity index is 397. The van der Waals surface area contributed by atoms with E-state index in [2.05, 4.69) is 12.2 Å². The predicted molar refractivity (Wildman–Crippen MR) is 75.4 cm³/mol. The zero-order chi connectivity index (χ0) is 13.4. The molecule has 0 radical (unpaired) electrons. The van der Waals surface area contributed by atoms with Crippen LogP contribution in [0.4, 0.5) is 11.4 Å². The first-order chi connectivity index (χ1) is 8.66. The molecule has 0 aliphatic heterocycles. The average molecular weight is 271 g/mol. The summed E-state index contributed by atoms with van der Waals surface area (Å²) in [7, 11) is 0. The molecule has 18 heavy (non-hydrogen) atoms. The van der Waals surface area contributed by atoms with E-state index < -0.39 is 4.92 Å². The SMILES string of the molecule is CCCCCCCNc1cccc([N+](=O)[O-])c1Cl. The number of hydrogen-bond acceptors (Lipinski definition) is 3. The molecule has 0 bridgehead atoms. The molecule has 5 heteroatoms. The molecule has 0 amide bonds. The van der Waals surface area contributed by atoms with Crippen molar-refractivity contribution >= 4 is 23.0 Å². The summed E-state index contributed by atoms with van der Waals surface area (Å²) in [6.45, 7) is 2.98. The molecule has 1 rings (SSSR count). The Morgan fingerprint density at radius 3 is 2.67 bits per heavy atom. The summed E-state index contributed by atoms with van der Waals surface area (Å²) in [4.78, 5) is 10.3. The van der Waals surface area contributed by atoms with E-state index in [0.717, 1.165) is 13.0 Å². The fourth-order valence-corrected chi connectivity index (χ4v) is 2.01. The molecule has 0 aliphatic rings. The molecule has 1 N–H and O–H groups in total. The van der Waals surface area contributed by atoms with Gasteiger partial charge in [-0.05, 0) is 12.5 Å². The fraction of sp³-hybridized carbons (Fsp3) is 0.538. The zero-order valence-electron chi connectivity index (χ0n) is 10.6. The molecular formula is C13H19ClN2O2. The number of benzene rings is 1. The number of nitrogens with one attached hydrogen (secondary N) is 1. The molecule has 0 unspecified atom stereocenters. The van der Waals surface area contributed by atoms with Gasteiger partial charge in [0, 0.05) is 12.6 Å². The molecule has 0 heterocycles. The third-order valence-electron chi connectivity index (χ3n) is 2.77. The molecule has 1 aromatic rings. The van der Waals surface area contributed by atoms with Gasteiger partial charge < -0.3 is 5.32 Å². The summed E-state index contributed by atoms with van der Waals surface area (Å²) in [6.07, 6.45) is 5.95. The van der Waals surface area contributed by atoms with Crippen molar-refractivity contribution in [3.8, 4) is 0 Å². The van der Waals surface area contributed by atoms with Crippen molar-refractivity contribution in [1.82, 2.24) is 0 Å². The Morgan fingerprint density at radius 2 is 2.00 bits per heavy atom. The first kappa shape index (κ1) is 14.8. The predicted octanol–water partition coefficient (Wildman–Crippen LogP) is 4.63. The minimum Gasteiger partial charge on any atom is -0.384 e. The van der Waals surface area contributed by atoms with Crippen molar-refractivity contribution in [2.24, 2.45) is 0 Å². The van der Waals surface area contributed by atoms with Crippen LogP contribution in [-0.4, -0.2) is 11.5 Å². The van der Waals surface area contributed by atoms with Gasteiger partial charge in [-0.1, -0.05) is 50.3 Å². The van der Waals surface area contributed by atoms with Gasteiger partial charge in [-0.2, -0.15) is 0 Å². The smallest absolute Gasteiger partial charge is 0.289 e. The number of anilines is 1. The van der Waals surface area contributed by atoms with Crippen LogP contribution in [0, 0.1) is 10.1 Å². The van der Waals surface area contributed by atoms with Crippen LogP contribution >= 0.6 is 11.6 Å². The summed E-state index contributed by atoms with van der Waals surface area (Å²) in [6, 6.07) is 4.82. The van der Waals surface area contributed by atoms with E-state index >= 15 is 0 Å². The lowest BCUT2D eigenvalue weighted by molar-refractivity contribution is -0.384. The van der Waals surface area contributed by atoms with Gasteiger partial charge in [0.2, 0.25) is 0 Å². The van der Waals surface area contributed by atoms with E-state index in [4.69, 9.17) is 11.6 Å². The molecule has 0 aliphatic carbocycles. The first-order valence-electron chi connectivity index (χ1n) is 6.33. The highest BCUT2D eigenvalue weighted by atomic mass is 35.5. The van der Waals surface area contributed by atoms with Gasteiger partial charge in [0.1, 0.15) is 5.02 Å². The zero-order valence-corrected chi connectivity index (χ0v) is 11.4. The third kappa shape index (κ3) is 4.53. The Morgan fingerprint density at radius 1 is 1.28 bits per heavy atom. The van der Waals surface area contributed by atoms with E-state index in [1.54, 1.807) is 12.1 Å². The summed E-state index contributed by atoms with van der Waals surface area (Å²) >= 11 is 5.96. The second-order valence-corrected chi connectivity index (χ2v) is 4.61. The lowest BCUT2D eigenvalue weighted by Crippen LogP contribution is -2.03. The number of hydrogen-bond donors (Lipinski definition) is 1. The maximum atomic E-state index is 10.7. The molecule has 0 fully saturated rings. The van der Waals surface area contributed by atoms with Crippen molar-refractivity contribution < 1.29 is 4.92 Å². The number of halogens is 1. The molecule has 0 aromatic heterocycles. The monoisotopic (exact) mass is 270 g/mol. The van der Waals surface area contributed by atoms with Crippen LogP contribution in [0.2, 0.25) is 5.02 Å². The fourth-order valence-electron chi connectivity index (χ4n) is 1.75. The van der Waals surface area contributed by atoms with Crippen molar-refractivity contribution in [3.05, 3.63) is 33.3 Å². The molecule has 0 spiro atoms. The molecule has 0 saturated heterocycles. The van der Waals surface area contributed by atoms with E-state index in [0.29, 0.717) is 5.69 Å². The average Bonchev–Trinajstić information content (AvgIpc) is 2.35. The molecule has 0 saturated carbocycles. The Labute approximate surface area is 112 Å². The molecule has 4 nitrogen and oxygen atoms in total. The van der Waals surface area contributed by atoms with Crippen LogP contribution in [0.5, 0.6) is 0 Å². The largest absolute Gasteiger partial charge is 0.384 e. The number of rotatable bonds is 8. The standard InChI is InChI=1S/C13H19ClN2O2/c1-2-3-4-5-6-10-15-11-8-7-9-12(13(11)14)16(17)18/h7-9,15H,2-6,10H2,1H3. The van der Waals surface area contributed by atoms with Crippen LogP contribution in [0.3, 0.4) is 0 Å². The molecule has 0 atom stereocenters. The highest BCUT2D eigenvalue weighted by molar-refractivity contribution is 6.35. The topological polar surface area (TPSA) is 55.2 Å². The Hall–Kier alpha value is -1.29. The highest BCUT2D eigenvalue weighted by Gasteiger charge is 2.14.